The Bertz CT molecular complexity index is 516. The van der Waals surface area contributed by atoms with E-state index in [1.807, 2.05) is 25.1 Å². The average molecular weight is 351 g/mol. The number of hydrogen-bond donors (Lipinski definition) is 2. The number of nitrogens with zero attached hydrogens (tertiary/aromatic N) is 2. The second kappa shape index (κ2) is 12.4. The van der Waals surface area contributed by atoms with Gasteiger partial charge in [0.05, 0.1) is 13.7 Å². The first-order chi connectivity index (χ1) is 12.2. The number of ether oxygens (including phenoxy) is 2. The average Bonchev–Trinajstić information content (AvgIpc) is 2.64. The number of nitrogens with one attached hydrogen (secondary N) is 2. The van der Waals surface area contributed by atoms with E-state index in [4.69, 9.17) is 9.47 Å². The highest BCUT2D eigenvalue weighted by molar-refractivity contribution is 5.93. The Balaban J connectivity index is 2.45. The maximum atomic E-state index is 5.54. The third-order valence-corrected chi connectivity index (χ3v) is 4.04. The standard InChI is InChI=1S/C19H34N4O2/c1-6-23(7-2)14-10-9-13-21-19(20-4)22-16-11-12-17(25-8-3)18(15-16)24-5/h11-12,15H,6-10,13-14H2,1-5H3,(H2,20,21,22). The predicted octanol–water partition coefficient (Wildman–Crippen LogP) is 3.20. The number of rotatable bonds is 11. The van der Waals surface area contributed by atoms with Gasteiger partial charge in [-0.15, -0.1) is 0 Å². The van der Waals surface area contributed by atoms with Crippen LogP contribution >= 0.6 is 0 Å². The minimum atomic E-state index is 0.611. The highest BCUT2D eigenvalue weighted by Crippen LogP contribution is 2.30. The van der Waals surface area contributed by atoms with Gasteiger partial charge in [-0.25, -0.2) is 0 Å². The molecule has 0 spiro atoms. The molecular formula is C19H34N4O2. The van der Waals surface area contributed by atoms with Crippen LogP contribution < -0.4 is 20.1 Å². The van der Waals surface area contributed by atoms with Crippen molar-refractivity contribution in [3.05, 3.63) is 18.2 Å². The van der Waals surface area contributed by atoms with E-state index < -0.39 is 0 Å². The van der Waals surface area contributed by atoms with Gasteiger partial charge in [0.1, 0.15) is 0 Å². The quantitative estimate of drug-likeness (QED) is 0.365. The summed E-state index contributed by atoms with van der Waals surface area (Å²) in [5.41, 5.74) is 0.913. The first kappa shape index (κ1) is 21.1. The molecule has 0 aliphatic carbocycles. The summed E-state index contributed by atoms with van der Waals surface area (Å²) in [6.45, 7) is 11.3. The number of methoxy groups -OCH3 is 1. The molecule has 142 valence electrons. The van der Waals surface area contributed by atoms with Crippen LogP contribution in [0.25, 0.3) is 0 Å². The maximum Gasteiger partial charge on any atom is 0.195 e. The summed E-state index contributed by atoms with van der Waals surface area (Å²) >= 11 is 0. The van der Waals surface area contributed by atoms with E-state index >= 15 is 0 Å². The van der Waals surface area contributed by atoms with E-state index in [0.717, 1.165) is 50.0 Å². The second-order valence-electron chi connectivity index (χ2n) is 5.66. The molecule has 0 fully saturated rings. The fourth-order valence-corrected chi connectivity index (χ4v) is 2.54. The van der Waals surface area contributed by atoms with Gasteiger partial charge in [0.2, 0.25) is 0 Å². The molecule has 25 heavy (non-hydrogen) atoms. The van der Waals surface area contributed by atoms with Gasteiger partial charge in [-0.05, 0) is 51.5 Å². The lowest BCUT2D eigenvalue weighted by molar-refractivity contribution is 0.297. The van der Waals surface area contributed by atoms with E-state index in [1.54, 1.807) is 14.2 Å². The molecule has 6 heteroatoms. The summed E-state index contributed by atoms with van der Waals surface area (Å²) in [5, 5.41) is 6.64. The molecule has 0 bridgehead atoms. The van der Waals surface area contributed by atoms with E-state index in [2.05, 4.69) is 34.4 Å². The Labute approximate surface area is 152 Å². The molecule has 0 radical (unpaired) electrons. The first-order valence-corrected chi connectivity index (χ1v) is 9.19. The lowest BCUT2D eigenvalue weighted by Gasteiger charge is -2.18. The van der Waals surface area contributed by atoms with Crippen LogP contribution in [0.1, 0.15) is 33.6 Å². The molecule has 0 atom stereocenters. The van der Waals surface area contributed by atoms with E-state index in [9.17, 15) is 0 Å². The summed E-state index contributed by atoms with van der Waals surface area (Å²) in [6, 6.07) is 5.78. The number of guanidine groups is 1. The molecule has 6 nitrogen and oxygen atoms in total. The lowest BCUT2D eigenvalue weighted by Crippen LogP contribution is -2.32. The first-order valence-electron chi connectivity index (χ1n) is 9.19. The molecule has 1 aromatic carbocycles. The normalized spacial score (nSPS) is 11.5. The van der Waals surface area contributed by atoms with Crippen LogP contribution in [0.3, 0.4) is 0 Å². The van der Waals surface area contributed by atoms with E-state index in [1.165, 1.54) is 6.42 Å². The van der Waals surface area contributed by atoms with Crippen molar-refractivity contribution in [2.75, 3.05) is 52.3 Å². The summed E-state index contributed by atoms with van der Waals surface area (Å²) in [6.07, 6.45) is 2.30. The number of aliphatic imine (C=N–C) groups is 1. The number of anilines is 1. The van der Waals surface area contributed by atoms with Gasteiger partial charge in [-0.3, -0.25) is 4.99 Å². The van der Waals surface area contributed by atoms with Crippen molar-refractivity contribution < 1.29 is 9.47 Å². The zero-order valence-electron chi connectivity index (χ0n) is 16.4. The predicted molar refractivity (Wildman–Crippen MR) is 106 cm³/mol. The third kappa shape index (κ3) is 7.65. The number of unbranched alkanes of at least 4 members (excludes halogenated alkanes) is 1. The molecule has 0 aliphatic rings. The fraction of sp³-hybridized carbons (Fsp3) is 0.632. The van der Waals surface area contributed by atoms with Crippen LogP contribution in [0.5, 0.6) is 11.5 Å². The van der Waals surface area contributed by atoms with Crippen LogP contribution in [0.2, 0.25) is 0 Å². The molecule has 1 aromatic rings. The molecule has 0 aliphatic heterocycles. The van der Waals surface area contributed by atoms with Crippen molar-refractivity contribution in [3.8, 4) is 11.5 Å². The Morgan fingerprint density at radius 1 is 1.12 bits per heavy atom. The van der Waals surface area contributed by atoms with Gasteiger partial charge in [0.25, 0.3) is 0 Å². The fourth-order valence-electron chi connectivity index (χ4n) is 2.54. The van der Waals surface area contributed by atoms with Gasteiger partial charge in [0.15, 0.2) is 17.5 Å². The SMILES string of the molecule is CCOc1ccc(NC(=NC)NCCCCN(CC)CC)cc1OC. The molecular weight excluding hydrogens is 316 g/mol. The molecule has 2 N–H and O–H groups in total. The van der Waals surface area contributed by atoms with Crippen molar-refractivity contribution in [2.24, 2.45) is 4.99 Å². The van der Waals surface area contributed by atoms with Gasteiger partial charge < -0.3 is 25.0 Å². The molecule has 1 rings (SSSR count). The van der Waals surface area contributed by atoms with Gasteiger partial charge in [-0.1, -0.05) is 13.8 Å². The second-order valence-corrected chi connectivity index (χ2v) is 5.66. The van der Waals surface area contributed by atoms with Crippen LogP contribution in [-0.4, -0.2) is 57.8 Å². The Morgan fingerprint density at radius 3 is 2.48 bits per heavy atom. The molecule has 0 aromatic heterocycles. The van der Waals surface area contributed by atoms with Crippen molar-refractivity contribution in [3.63, 3.8) is 0 Å². The number of benzene rings is 1. The molecule has 0 heterocycles. The minimum Gasteiger partial charge on any atom is -0.493 e. The summed E-state index contributed by atoms with van der Waals surface area (Å²) in [7, 11) is 3.42. The lowest BCUT2D eigenvalue weighted by atomic mass is 10.2. The molecule has 0 unspecified atom stereocenters. The Kier molecular flexibility index (Phi) is 10.5. The van der Waals surface area contributed by atoms with Crippen LogP contribution in [0.4, 0.5) is 5.69 Å². The Morgan fingerprint density at radius 2 is 1.88 bits per heavy atom. The third-order valence-electron chi connectivity index (χ3n) is 4.04. The van der Waals surface area contributed by atoms with Gasteiger partial charge in [-0.2, -0.15) is 0 Å². The van der Waals surface area contributed by atoms with Crippen molar-refractivity contribution in [1.29, 1.82) is 0 Å². The van der Waals surface area contributed by atoms with Crippen LogP contribution in [-0.2, 0) is 0 Å². The molecule has 0 saturated carbocycles. The maximum absolute atomic E-state index is 5.54. The monoisotopic (exact) mass is 350 g/mol. The largest absolute Gasteiger partial charge is 0.493 e. The minimum absolute atomic E-state index is 0.611. The van der Waals surface area contributed by atoms with E-state index in [0.29, 0.717) is 12.4 Å². The van der Waals surface area contributed by atoms with Crippen molar-refractivity contribution in [1.82, 2.24) is 10.2 Å². The van der Waals surface area contributed by atoms with Crippen LogP contribution in [0, 0.1) is 0 Å². The van der Waals surface area contributed by atoms with E-state index in [-0.39, 0.29) is 0 Å². The zero-order valence-corrected chi connectivity index (χ0v) is 16.4. The smallest absolute Gasteiger partial charge is 0.195 e. The van der Waals surface area contributed by atoms with Crippen molar-refractivity contribution >= 4 is 11.6 Å². The van der Waals surface area contributed by atoms with Gasteiger partial charge >= 0.3 is 0 Å². The zero-order chi connectivity index (χ0) is 18.5. The highest BCUT2D eigenvalue weighted by atomic mass is 16.5. The summed E-state index contributed by atoms with van der Waals surface area (Å²) in [4.78, 5) is 6.72. The summed E-state index contributed by atoms with van der Waals surface area (Å²) in [5.74, 6) is 2.21. The van der Waals surface area contributed by atoms with Crippen molar-refractivity contribution in [2.45, 2.75) is 33.6 Å². The highest BCUT2D eigenvalue weighted by Gasteiger charge is 2.07. The van der Waals surface area contributed by atoms with Gasteiger partial charge in [0, 0.05) is 25.3 Å². The summed E-state index contributed by atoms with van der Waals surface area (Å²) < 4.78 is 10.9. The molecule has 0 amide bonds. The van der Waals surface area contributed by atoms with Crippen LogP contribution in [0.15, 0.2) is 23.2 Å². The topological polar surface area (TPSA) is 58.1 Å². The number of hydrogen-bond acceptors (Lipinski definition) is 4. The Hall–Kier alpha value is -1.95. The molecule has 0 saturated heterocycles.